The third-order valence-corrected chi connectivity index (χ3v) is 3.22. The van der Waals surface area contributed by atoms with Crippen molar-refractivity contribution in [1.29, 1.82) is 0 Å². The van der Waals surface area contributed by atoms with Crippen molar-refractivity contribution in [3.8, 4) is 5.75 Å². The highest BCUT2D eigenvalue weighted by Crippen LogP contribution is 2.33. The van der Waals surface area contributed by atoms with Crippen LogP contribution >= 0.6 is 0 Å². The fourth-order valence-corrected chi connectivity index (χ4v) is 2.33. The Bertz CT molecular complexity index is 519. The van der Waals surface area contributed by atoms with Gasteiger partial charge >= 0.3 is 0 Å². The number of hydrogen-bond donors (Lipinski definition) is 1. The molecule has 3 rings (SSSR count). The van der Waals surface area contributed by atoms with Crippen molar-refractivity contribution in [2.24, 2.45) is 5.92 Å². The molecule has 16 heavy (non-hydrogen) atoms. The van der Waals surface area contributed by atoms with Gasteiger partial charge in [-0.1, -0.05) is 30.3 Å². The number of aliphatic hydroxyl groups excluding tert-OH is 1. The number of benzene rings is 2. The van der Waals surface area contributed by atoms with Gasteiger partial charge in [-0.3, -0.25) is 0 Å². The maximum absolute atomic E-state index is 9.21. The molecule has 0 saturated carbocycles. The molecule has 0 radical (unpaired) electrons. The second kappa shape index (κ2) is 3.80. The number of ether oxygens (including phenoxy) is 1. The van der Waals surface area contributed by atoms with Crippen LogP contribution in [0, 0.1) is 5.92 Å². The lowest BCUT2D eigenvalue weighted by molar-refractivity contribution is 0.147. The first-order valence-corrected chi connectivity index (χ1v) is 5.63. The molecule has 2 nitrogen and oxygen atoms in total. The van der Waals surface area contributed by atoms with Crippen LogP contribution in [0.1, 0.15) is 5.56 Å². The zero-order valence-electron chi connectivity index (χ0n) is 9.02. The number of hydrogen-bond acceptors (Lipinski definition) is 2. The van der Waals surface area contributed by atoms with Gasteiger partial charge in [-0.2, -0.15) is 0 Å². The Morgan fingerprint density at radius 3 is 2.94 bits per heavy atom. The molecule has 1 aliphatic heterocycles. The summed E-state index contributed by atoms with van der Waals surface area (Å²) in [4.78, 5) is 0. The highest BCUT2D eigenvalue weighted by Gasteiger charge is 2.20. The second-order valence-corrected chi connectivity index (χ2v) is 4.33. The topological polar surface area (TPSA) is 29.5 Å². The van der Waals surface area contributed by atoms with E-state index < -0.39 is 0 Å². The Kier molecular flexibility index (Phi) is 2.29. The van der Waals surface area contributed by atoms with E-state index in [0.29, 0.717) is 6.61 Å². The first-order valence-electron chi connectivity index (χ1n) is 5.63. The van der Waals surface area contributed by atoms with Gasteiger partial charge in [-0.25, -0.2) is 0 Å². The van der Waals surface area contributed by atoms with E-state index in [2.05, 4.69) is 18.2 Å². The first kappa shape index (κ1) is 9.67. The highest BCUT2D eigenvalue weighted by molar-refractivity contribution is 5.87. The van der Waals surface area contributed by atoms with Crippen molar-refractivity contribution in [1.82, 2.24) is 0 Å². The molecular weight excluding hydrogens is 200 g/mol. The van der Waals surface area contributed by atoms with E-state index in [1.165, 1.54) is 16.3 Å². The van der Waals surface area contributed by atoms with E-state index >= 15 is 0 Å². The maximum atomic E-state index is 9.21. The average Bonchev–Trinajstić information content (AvgIpc) is 2.38. The predicted octanol–water partition coefficient (Wildman–Crippen LogP) is 2.38. The van der Waals surface area contributed by atoms with Crippen LogP contribution in [0.15, 0.2) is 36.4 Å². The van der Waals surface area contributed by atoms with Crippen LogP contribution in [-0.2, 0) is 6.42 Å². The van der Waals surface area contributed by atoms with E-state index in [9.17, 15) is 5.11 Å². The minimum Gasteiger partial charge on any atom is -0.493 e. The molecular formula is C14H14O2. The van der Waals surface area contributed by atoms with E-state index in [4.69, 9.17) is 4.74 Å². The Morgan fingerprint density at radius 2 is 2.06 bits per heavy atom. The SMILES string of the molecule is OC[C@H]1COc2ccc3ccccc3c2C1. The lowest BCUT2D eigenvalue weighted by atomic mass is 9.93. The van der Waals surface area contributed by atoms with Crippen LogP contribution in [-0.4, -0.2) is 18.3 Å². The molecule has 2 aromatic rings. The Hall–Kier alpha value is -1.54. The van der Waals surface area contributed by atoms with Gasteiger partial charge in [0, 0.05) is 18.1 Å². The summed E-state index contributed by atoms with van der Waals surface area (Å²) in [6.07, 6.45) is 0.910. The standard InChI is InChI=1S/C14H14O2/c15-8-10-7-13-12-4-2-1-3-11(12)5-6-14(13)16-9-10/h1-6,10,15H,7-9H2/t10-/m0/s1. The van der Waals surface area contributed by atoms with Crippen LogP contribution in [0.3, 0.4) is 0 Å². The molecule has 0 fully saturated rings. The van der Waals surface area contributed by atoms with Crippen LogP contribution in [0.4, 0.5) is 0 Å². The van der Waals surface area contributed by atoms with E-state index in [1.54, 1.807) is 0 Å². The summed E-state index contributed by atoms with van der Waals surface area (Å²) in [5, 5.41) is 11.7. The van der Waals surface area contributed by atoms with Crippen LogP contribution in [0.25, 0.3) is 10.8 Å². The predicted molar refractivity (Wildman–Crippen MR) is 63.7 cm³/mol. The number of aliphatic hydroxyl groups is 1. The molecule has 0 unspecified atom stereocenters. The third kappa shape index (κ3) is 1.46. The fraction of sp³-hybridized carbons (Fsp3) is 0.286. The molecule has 0 spiro atoms. The van der Waals surface area contributed by atoms with Gasteiger partial charge in [0.25, 0.3) is 0 Å². The van der Waals surface area contributed by atoms with Crippen LogP contribution < -0.4 is 4.74 Å². The first-order chi connectivity index (χ1) is 7.88. The summed E-state index contributed by atoms with van der Waals surface area (Å²) in [6, 6.07) is 12.4. The minimum atomic E-state index is 0.197. The fourth-order valence-electron chi connectivity index (χ4n) is 2.33. The summed E-state index contributed by atoms with van der Waals surface area (Å²) in [7, 11) is 0. The van der Waals surface area contributed by atoms with Gasteiger partial charge in [-0.05, 0) is 23.3 Å². The maximum Gasteiger partial charge on any atom is 0.123 e. The molecule has 1 N–H and O–H groups in total. The van der Waals surface area contributed by atoms with Gasteiger partial charge < -0.3 is 9.84 Å². The second-order valence-electron chi connectivity index (χ2n) is 4.33. The monoisotopic (exact) mass is 214 g/mol. The van der Waals surface area contributed by atoms with Gasteiger partial charge in [0.2, 0.25) is 0 Å². The Morgan fingerprint density at radius 1 is 1.19 bits per heavy atom. The van der Waals surface area contributed by atoms with E-state index in [0.717, 1.165) is 12.2 Å². The largest absolute Gasteiger partial charge is 0.493 e. The molecule has 0 bridgehead atoms. The summed E-state index contributed by atoms with van der Waals surface area (Å²) in [6.45, 7) is 0.824. The molecule has 2 aromatic carbocycles. The van der Waals surface area contributed by atoms with Gasteiger partial charge in [0.05, 0.1) is 6.61 Å². The molecule has 0 saturated heterocycles. The lowest BCUT2D eigenvalue weighted by Crippen LogP contribution is -2.23. The van der Waals surface area contributed by atoms with Crippen molar-refractivity contribution in [2.45, 2.75) is 6.42 Å². The van der Waals surface area contributed by atoms with E-state index in [-0.39, 0.29) is 12.5 Å². The molecule has 1 aliphatic rings. The van der Waals surface area contributed by atoms with Crippen molar-refractivity contribution >= 4 is 10.8 Å². The summed E-state index contributed by atoms with van der Waals surface area (Å²) in [5.41, 5.74) is 1.24. The molecule has 1 heterocycles. The highest BCUT2D eigenvalue weighted by atomic mass is 16.5. The Labute approximate surface area is 94.5 Å². The molecule has 0 aromatic heterocycles. The smallest absolute Gasteiger partial charge is 0.123 e. The van der Waals surface area contributed by atoms with Crippen LogP contribution in [0.2, 0.25) is 0 Å². The third-order valence-electron chi connectivity index (χ3n) is 3.22. The summed E-state index contributed by atoms with van der Waals surface area (Å²) < 4.78 is 5.68. The number of fused-ring (bicyclic) bond motifs is 3. The molecule has 2 heteroatoms. The van der Waals surface area contributed by atoms with Crippen LogP contribution in [0.5, 0.6) is 5.75 Å². The minimum absolute atomic E-state index is 0.197. The summed E-state index contributed by atoms with van der Waals surface area (Å²) in [5.74, 6) is 1.21. The quantitative estimate of drug-likeness (QED) is 0.789. The van der Waals surface area contributed by atoms with Crippen molar-refractivity contribution in [2.75, 3.05) is 13.2 Å². The Balaban J connectivity index is 2.17. The van der Waals surface area contributed by atoms with Gasteiger partial charge in [-0.15, -0.1) is 0 Å². The van der Waals surface area contributed by atoms with Crippen molar-refractivity contribution < 1.29 is 9.84 Å². The zero-order chi connectivity index (χ0) is 11.0. The molecule has 1 atom stereocenters. The molecule has 0 aliphatic carbocycles. The zero-order valence-corrected chi connectivity index (χ0v) is 9.02. The lowest BCUT2D eigenvalue weighted by Gasteiger charge is -2.25. The van der Waals surface area contributed by atoms with Gasteiger partial charge in [0.1, 0.15) is 5.75 Å². The molecule has 82 valence electrons. The normalized spacial score (nSPS) is 19.2. The number of rotatable bonds is 1. The molecule has 0 amide bonds. The van der Waals surface area contributed by atoms with Crippen molar-refractivity contribution in [3.05, 3.63) is 42.0 Å². The van der Waals surface area contributed by atoms with Crippen molar-refractivity contribution in [3.63, 3.8) is 0 Å². The summed E-state index contributed by atoms with van der Waals surface area (Å²) >= 11 is 0. The van der Waals surface area contributed by atoms with Gasteiger partial charge in [0.15, 0.2) is 0 Å². The average molecular weight is 214 g/mol. The van der Waals surface area contributed by atoms with E-state index in [1.807, 2.05) is 18.2 Å².